The molecule has 12 nitrogen and oxygen atoms in total. The molecule has 149 valence electrons. The van der Waals surface area contributed by atoms with Crippen molar-refractivity contribution in [1.29, 1.82) is 5.53 Å². The van der Waals surface area contributed by atoms with Crippen LogP contribution in [0.4, 0.5) is 0 Å². The van der Waals surface area contributed by atoms with Crippen LogP contribution in [0.25, 0.3) is 15.8 Å². The maximum atomic E-state index is 8.03. The van der Waals surface area contributed by atoms with E-state index in [2.05, 4.69) is 25.9 Å². The zero-order valence-electron chi connectivity index (χ0n) is 14.8. The van der Waals surface area contributed by atoms with Crippen molar-refractivity contribution in [3.63, 3.8) is 0 Å². The predicted octanol–water partition coefficient (Wildman–Crippen LogP) is 3.69. The second kappa shape index (κ2) is 24.2. The quantitative estimate of drug-likeness (QED) is 0.114. The van der Waals surface area contributed by atoms with E-state index < -0.39 is 0 Å². The molecule has 1 aliphatic heterocycles. The van der Waals surface area contributed by atoms with Gasteiger partial charge in [-0.05, 0) is 38.1 Å². The third-order valence-electron chi connectivity index (χ3n) is 2.30. The fraction of sp³-hybridized carbons (Fsp3) is 0.385. The third-order valence-corrected chi connectivity index (χ3v) is 2.30. The molecule has 1 heterocycles. The Morgan fingerprint density at radius 1 is 0.885 bits per heavy atom. The molecule has 0 fully saturated rings. The van der Waals surface area contributed by atoms with Crippen molar-refractivity contribution in [2.75, 3.05) is 6.54 Å². The second-order valence-electron chi connectivity index (χ2n) is 3.98. The maximum absolute atomic E-state index is 8.03. The number of nitrogens with one attached hydrogen (secondary N) is 1. The molecule has 0 aliphatic carbocycles. The molecule has 5 N–H and O–H groups in total. The van der Waals surface area contributed by atoms with E-state index in [9.17, 15) is 0 Å². The van der Waals surface area contributed by atoms with Gasteiger partial charge in [-0.3, -0.25) is 0 Å². The topological polar surface area (TPSA) is 205 Å². The van der Waals surface area contributed by atoms with Gasteiger partial charge in [-0.25, -0.2) is 0 Å². The van der Waals surface area contributed by atoms with Crippen molar-refractivity contribution in [2.45, 2.75) is 27.7 Å². The fourth-order valence-electron chi connectivity index (χ4n) is 0.661. The molecule has 0 amide bonds. The average Bonchev–Trinajstić information content (AvgIpc) is 2.68. The molecule has 1 radical (unpaired) electrons. The monoisotopic (exact) mass is 414 g/mol. The first kappa shape index (κ1) is 30.8. The standard InChI is InChI=1S/C5H6N.2C4H8N2O2.Co.HN3/c1-2-4-6-5-3-1;2*1-3(5-7)4(2)6-8;;1-3-2/h1-4H,5H2;2*7-8H,1-2H3;;1H/q-1;;;;/b;2*5-3+,6-4+;;. The molecule has 1 rings (SSSR count). The van der Waals surface area contributed by atoms with Gasteiger partial charge in [0.15, 0.2) is 0 Å². The van der Waals surface area contributed by atoms with Gasteiger partial charge in [0, 0.05) is 16.8 Å². The Balaban J connectivity index is -0.000000128. The van der Waals surface area contributed by atoms with Crippen LogP contribution in [0.3, 0.4) is 0 Å². The smallest absolute Gasteiger partial charge is 0.101 e. The van der Waals surface area contributed by atoms with Crippen LogP contribution in [-0.2, 0) is 16.8 Å². The molecule has 0 spiro atoms. The van der Waals surface area contributed by atoms with E-state index in [0.717, 1.165) is 6.54 Å². The average molecular weight is 414 g/mol. The summed E-state index contributed by atoms with van der Waals surface area (Å²) in [5.41, 5.74) is 13.5. The molecule has 13 heteroatoms. The summed E-state index contributed by atoms with van der Waals surface area (Å²) in [6, 6.07) is 0. The summed E-state index contributed by atoms with van der Waals surface area (Å²) in [6.45, 7) is 7.00. The van der Waals surface area contributed by atoms with Gasteiger partial charge in [0.25, 0.3) is 0 Å². The molecule has 0 aromatic rings. The van der Waals surface area contributed by atoms with E-state index in [0.29, 0.717) is 22.8 Å². The van der Waals surface area contributed by atoms with Crippen LogP contribution in [0, 0.1) is 5.53 Å². The Morgan fingerprint density at radius 2 is 1.19 bits per heavy atom. The van der Waals surface area contributed by atoms with Crippen molar-refractivity contribution in [2.24, 2.45) is 20.6 Å². The molecular formula is C13H23CoN8O4-. The van der Waals surface area contributed by atoms with Crippen molar-refractivity contribution >= 4 is 22.8 Å². The number of oxime groups is 4. The fourth-order valence-corrected chi connectivity index (χ4v) is 0.661. The largest absolute Gasteiger partial charge is 0.687 e. The number of hydrogen-bond donors (Lipinski definition) is 5. The van der Waals surface area contributed by atoms with E-state index in [1.165, 1.54) is 27.7 Å². The summed E-state index contributed by atoms with van der Waals surface area (Å²) >= 11 is 0. The van der Waals surface area contributed by atoms with Crippen LogP contribution >= 0.6 is 0 Å². The van der Waals surface area contributed by atoms with Gasteiger partial charge in [-0.15, -0.1) is 18.2 Å². The summed E-state index contributed by atoms with van der Waals surface area (Å²) in [4.78, 5) is 1.75. The number of rotatable bonds is 2. The molecule has 0 atom stereocenters. The number of allylic oxidation sites excluding steroid dienone is 2. The van der Waals surface area contributed by atoms with Crippen molar-refractivity contribution in [3.05, 3.63) is 40.2 Å². The maximum Gasteiger partial charge on any atom is 0.101 e. The zero-order valence-corrected chi connectivity index (χ0v) is 15.8. The zero-order chi connectivity index (χ0) is 20.1. The Labute approximate surface area is 161 Å². The van der Waals surface area contributed by atoms with Crippen LogP contribution < -0.4 is 0 Å². The van der Waals surface area contributed by atoms with Crippen LogP contribution in [-0.4, -0.2) is 50.2 Å². The first-order valence-electron chi connectivity index (χ1n) is 6.60. The van der Waals surface area contributed by atoms with Crippen LogP contribution in [0.1, 0.15) is 27.7 Å². The minimum absolute atomic E-state index is 0. The molecule has 26 heavy (non-hydrogen) atoms. The minimum atomic E-state index is 0. The molecule has 0 bridgehead atoms. The second-order valence-corrected chi connectivity index (χ2v) is 3.98. The summed E-state index contributed by atoms with van der Waals surface area (Å²) in [7, 11) is 0. The summed E-state index contributed by atoms with van der Waals surface area (Å²) < 4.78 is 0. The number of hydrogen-bond acceptors (Lipinski definition) is 9. The van der Waals surface area contributed by atoms with Gasteiger partial charge in [0.05, 0.1) is 0 Å². The van der Waals surface area contributed by atoms with E-state index in [1.54, 1.807) is 11.1 Å². The third kappa shape index (κ3) is 23.2. The predicted molar refractivity (Wildman–Crippen MR) is 95.5 cm³/mol. The molecular weight excluding hydrogens is 391 g/mol. The van der Waals surface area contributed by atoms with Crippen LogP contribution in [0.5, 0.6) is 0 Å². The Morgan fingerprint density at radius 3 is 1.27 bits per heavy atom. The Hall–Kier alpha value is -3.02. The number of nitrogens with zero attached hydrogens (tertiary/aromatic N) is 7. The van der Waals surface area contributed by atoms with Crippen molar-refractivity contribution < 1.29 is 37.6 Å². The molecule has 0 saturated heterocycles. The van der Waals surface area contributed by atoms with Gasteiger partial charge in [-0.2, -0.15) is 6.20 Å². The first-order valence-corrected chi connectivity index (χ1v) is 6.60. The summed E-state index contributed by atoms with van der Waals surface area (Å²) in [6.07, 6.45) is 7.73. The molecule has 0 aromatic heterocycles. The Kier molecular flexibility index (Phi) is 28.7. The summed E-state index contributed by atoms with van der Waals surface area (Å²) in [5, 5.41) is 47.2. The van der Waals surface area contributed by atoms with Crippen LogP contribution in [0.2, 0.25) is 0 Å². The van der Waals surface area contributed by atoms with E-state index in [-0.39, 0.29) is 16.8 Å². The van der Waals surface area contributed by atoms with Gasteiger partial charge in [-0.1, -0.05) is 32.8 Å². The van der Waals surface area contributed by atoms with Gasteiger partial charge < -0.3 is 26.1 Å². The normalized spacial score (nSPS) is 13.1. The van der Waals surface area contributed by atoms with Crippen LogP contribution in [0.15, 0.2) is 45.1 Å². The van der Waals surface area contributed by atoms with E-state index in [4.69, 9.17) is 31.9 Å². The molecule has 0 unspecified atom stereocenters. The van der Waals surface area contributed by atoms with E-state index >= 15 is 0 Å². The van der Waals surface area contributed by atoms with Crippen molar-refractivity contribution in [1.82, 2.24) is 0 Å². The van der Waals surface area contributed by atoms with E-state index in [1.807, 2.05) is 18.2 Å². The van der Waals surface area contributed by atoms with Gasteiger partial charge in [0.1, 0.15) is 22.8 Å². The van der Waals surface area contributed by atoms with Crippen molar-refractivity contribution in [3.8, 4) is 0 Å². The SMILES string of the molecule is C1=CC[N-]C=C1.CC(=N\O)/C(C)=N/O.CC(=N\O)/C(C)=N/O.[Co].[N-]=[N+]=N. The molecule has 1 aliphatic rings. The van der Waals surface area contributed by atoms with Gasteiger partial charge >= 0.3 is 0 Å². The molecule has 0 saturated carbocycles. The first-order chi connectivity index (χ1) is 11.9. The molecule has 0 aromatic carbocycles. The minimum Gasteiger partial charge on any atom is -0.687 e. The summed E-state index contributed by atoms with van der Waals surface area (Å²) in [5.74, 6) is 0. The Bertz CT molecular complexity index is 488. The van der Waals surface area contributed by atoms with Gasteiger partial charge in [0.2, 0.25) is 0 Å².